The number of esters is 2. The van der Waals surface area contributed by atoms with Crippen molar-refractivity contribution in [1.82, 2.24) is 5.32 Å². The number of hydrogen-bond donors (Lipinski definition) is 2. The molecule has 2 N–H and O–H groups in total. The molecule has 6 rings (SSSR count). The molecule has 0 saturated heterocycles. The van der Waals surface area contributed by atoms with Gasteiger partial charge < -0.3 is 25.0 Å². The fourth-order valence-electron chi connectivity index (χ4n) is 7.34. The van der Waals surface area contributed by atoms with Gasteiger partial charge in [0.2, 0.25) is 5.69 Å². The lowest BCUT2D eigenvalue weighted by molar-refractivity contribution is -0.440. The highest BCUT2D eigenvalue weighted by Crippen LogP contribution is 2.47. The molecule has 0 aliphatic carbocycles. The van der Waals surface area contributed by atoms with Crippen molar-refractivity contribution in [3.05, 3.63) is 155 Å². The molecule has 57 heavy (non-hydrogen) atoms. The Bertz CT molecular complexity index is 2320. The van der Waals surface area contributed by atoms with Crippen LogP contribution in [0.5, 0.6) is 0 Å². The molecule has 2 heterocycles. The Balaban J connectivity index is 1.16. The fraction of sp³-hybridized carbons (Fsp3) is 0.239. The first-order valence-electron chi connectivity index (χ1n) is 18.7. The number of rotatable bonds is 13. The van der Waals surface area contributed by atoms with Gasteiger partial charge in [-0.2, -0.15) is 9.84 Å². The second kappa shape index (κ2) is 17.9. The van der Waals surface area contributed by atoms with E-state index >= 15 is 0 Å². The van der Waals surface area contributed by atoms with Crippen LogP contribution in [0, 0.1) is 10.7 Å². The maximum Gasteiger partial charge on any atom is 0.338 e. The Morgan fingerprint density at radius 3 is 2.14 bits per heavy atom. The standard InChI is InChI=1S/C46H45N5O4S2/c1-45(2)36-13-9-11-15-38(36)50(27-29-54-42(52)32-19-23-34(24-20-32)49-44(56)48-5)40(45)17-7-6-8-18-41-46(3,4)37-14-10-12-16-39(37)51(41)28-30-55-43(53)33-21-25-35(26-22-33)57-31-47/h6-26H,27-30H2,1-5H3,(H-,48,49,52,56)/p+1. The van der Waals surface area contributed by atoms with Gasteiger partial charge in [0.15, 0.2) is 24.0 Å². The quantitative estimate of drug-likeness (QED) is 0.0340. The zero-order valence-electron chi connectivity index (χ0n) is 32.7. The molecule has 4 aromatic carbocycles. The highest BCUT2D eigenvalue weighted by Gasteiger charge is 2.44. The van der Waals surface area contributed by atoms with Gasteiger partial charge in [-0.15, -0.1) is 0 Å². The number of nitrogens with one attached hydrogen (secondary N) is 2. The average molecular weight is 797 g/mol. The number of nitrogens with zero attached hydrogens (tertiary/aromatic N) is 3. The predicted octanol–water partition coefficient (Wildman–Crippen LogP) is 9.06. The molecule has 0 fully saturated rings. The number of anilines is 2. The van der Waals surface area contributed by atoms with Crippen LogP contribution in [-0.4, -0.2) is 60.7 Å². The number of ether oxygens (including phenoxy) is 2. The summed E-state index contributed by atoms with van der Waals surface area (Å²) in [5.41, 5.74) is 7.93. The van der Waals surface area contributed by atoms with Crippen LogP contribution in [0.15, 0.2) is 138 Å². The minimum absolute atomic E-state index is 0.202. The van der Waals surface area contributed by atoms with Gasteiger partial charge in [0.05, 0.1) is 23.1 Å². The lowest BCUT2D eigenvalue weighted by Gasteiger charge is -2.26. The Morgan fingerprint density at radius 1 is 0.825 bits per heavy atom. The van der Waals surface area contributed by atoms with Crippen molar-refractivity contribution < 1.29 is 23.6 Å². The molecule has 0 unspecified atom stereocenters. The molecule has 9 nitrogen and oxygen atoms in total. The Labute approximate surface area is 344 Å². The van der Waals surface area contributed by atoms with Gasteiger partial charge in [0, 0.05) is 52.1 Å². The molecule has 2 aliphatic rings. The van der Waals surface area contributed by atoms with Crippen molar-refractivity contribution in [2.24, 2.45) is 0 Å². The summed E-state index contributed by atoms with van der Waals surface area (Å²) in [6.45, 7) is 10.2. The van der Waals surface area contributed by atoms with Gasteiger partial charge in [-0.3, -0.25) is 0 Å². The largest absolute Gasteiger partial charge is 0.460 e. The van der Waals surface area contributed by atoms with Crippen LogP contribution in [-0.2, 0) is 20.3 Å². The third-order valence-corrected chi connectivity index (χ3v) is 11.2. The topological polar surface area (TPSA) is 107 Å². The molecule has 0 aromatic heterocycles. The number of carbonyl (C=O) groups is 2. The third kappa shape index (κ3) is 9.04. The normalized spacial score (nSPS) is 15.7. The van der Waals surface area contributed by atoms with Gasteiger partial charge >= 0.3 is 11.9 Å². The molecule has 11 heteroatoms. The van der Waals surface area contributed by atoms with Crippen molar-refractivity contribution in [3.63, 3.8) is 0 Å². The maximum atomic E-state index is 13.0. The number of hydrogen-bond acceptors (Lipinski definition) is 8. The Hall–Kier alpha value is -5.96. The maximum absolute atomic E-state index is 13.0. The smallest absolute Gasteiger partial charge is 0.338 e. The molecule has 0 bridgehead atoms. The number of para-hydroxylation sites is 2. The third-order valence-electron chi connectivity index (χ3n) is 10.3. The molecule has 4 aromatic rings. The van der Waals surface area contributed by atoms with Gasteiger partial charge in [0.25, 0.3) is 0 Å². The molecule has 0 spiro atoms. The van der Waals surface area contributed by atoms with Crippen LogP contribution in [0.2, 0.25) is 0 Å². The molecule has 2 aliphatic heterocycles. The van der Waals surface area contributed by atoms with Crippen molar-refractivity contribution in [1.29, 1.82) is 5.26 Å². The number of allylic oxidation sites excluding steroid dienone is 6. The van der Waals surface area contributed by atoms with Crippen LogP contribution < -0.4 is 15.5 Å². The highest BCUT2D eigenvalue weighted by atomic mass is 32.2. The van der Waals surface area contributed by atoms with Crippen LogP contribution in [0.1, 0.15) is 59.5 Å². The molecule has 290 valence electrons. The van der Waals surface area contributed by atoms with Crippen LogP contribution in [0.25, 0.3) is 0 Å². The summed E-state index contributed by atoms with van der Waals surface area (Å²) < 4.78 is 13.7. The van der Waals surface area contributed by atoms with E-state index in [0.29, 0.717) is 29.3 Å². The van der Waals surface area contributed by atoms with E-state index in [4.69, 9.17) is 27.0 Å². The van der Waals surface area contributed by atoms with Crippen LogP contribution in [0.3, 0.4) is 0 Å². The number of thiocyanates is 1. The van der Waals surface area contributed by atoms with E-state index in [0.717, 1.165) is 45.1 Å². The summed E-state index contributed by atoms with van der Waals surface area (Å²) in [5, 5.41) is 17.4. The average Bonchev–Trinajstić information content (AvgIpc) is 3.56. The van der Waals surface area contributed by atoms with Crippen molar-refractivity contribution >= 4 is 63.8 Å². The van der Waals surface area contributed by atoms with Gasteiger partial charge in [-0.05, 0) is 104 Å². The number of benzene rings is 4. The summed E-state index contributed by atoms with van der Waals surface area (Å²) >= 11 is 6.21. The van der Waals surface area contributed by atoms with E-state index in [2.05, 4.69) is 102 Å². The summed E-state index contributed by atoms with van der Waals surface area (Å²) in [5.74, 6) is -0.787. The Morgan fingerprint density at radius 2 is 1.46 bits per heavy atom. The number of thioether (sulfide) groups is 1. The molecule has 0 amide bonds. The van der Waals surface area contributed by atoms with E-state index in [-0.39, 0.29) is 30.0 Å². The Kier molecular flexibility index (Phi) is 12.8. The van der Waals surface area contributed by atoms with E-state index in [9.17, 15) is 9.59 Å². The summed E-state index contributed by atoms with van der Waals surface area (Å²) in [6, 6.07) is 30.6. The first kappa shape index (κ1) is 40.7. The van der Waals surface area contributed by atoms with Gasteiger partial charge in [0.1, 0.15) is 12.0 Å². The summed E-state index contributed by atoms with van der Waals surface area (Å²) in [6.07, 6.45) is 10.4. The highest BCUT2D eigenvalue weighted by molar-refractivity contribution is 8.03. The lowest BCUT2D eigenvalue weighted by Crippen LogP contribution is -2.29. The van der Waals surface area contributed by atoms with Gasteiger partial charge in [-0.25, -0.2) is 9.59 Å². The molecule has 0 radical (unpaired) electrons. The number of nitriles is 1. The minimum atomic E-state index is -0.401. The second-order valence-corrected chi connectivity index (χ2v) is 15.8. The number of fused-ring (bicyclic) bond motifs is 2. The van der Waals surface area contributed by atoms with Crippen LogP contribution >= 0.6 is 24.0 Å². The van der Waals surface area contributed by atoms with Crippen molar-refractivity contribution in [3.8, 4) is 5.40 Å². The number of carbonyl (C=O) groups excluding carboxylic acids is 2. The van der Waals surface area contributed by atoms with Crippen molar-refractivity contribution in [2.75, 3.05) is 43.6 Å². The van der Waals surface area contributed by atoms with Crippen LogP contribution in [0.4, 0.5) is 17.1 Å². The van der Waals surface area contributed by atoms with E-state index in [1.165, 1.54) is 11.1 Å². The fourth-order valence-corrected chi connectivity index (χ4v) is 7.84. The van der Waals surface area contributed by atoms with Crippen molar-refractivity contribution in [2.45, 2.75) is 43.4 Å². The van der Waals surface area contributed by atoms with E-state index < -0.39 is 5.97 Å². The van der Waals surface area contributed by atoms with E-state index in [1.807, 2.05) is 29.7 Å². The molecule has 0 atom stereocenters. The predicted molar refractivity (Wildman–Crippen MR) is 233 cm³/mol. The zero-order chi connectivity index (χ0) is 40.6. The molecular weight excluding hydrogens is 751 g/mol. The SMILES string of the molecule is CNC(=S)Nc1ccc(C(=O)OCC[N+]2=C(C=CC=CC=C3N(CCOC(=O)c4ccc(SC#N)cc4)c4ccccc4C3(C)C)C(C)(C)c3ccccc32)cc1. The first-order chi connectivity index (χ1) is 27.4. The summed E-state index contributed by atoms with van der Waals surface area (Å²) in [7, 11) is 1.74. The second-order valence-electron chi connectivity index (χ2n) is 14.5. The minimum Gasteiger partial charge on any atom is -0.460 e. The zero-order valence-corrected chi connectivity index (χ0v) is 34.4. The monoisotopic (exact) mass is 796 g/mol. The van der Waals surface area contributed by atoms with E-state index in [1.54, 1.807) is 55.6 Å². The number of thiocarbonyl (C=S) groups is 1. The molecule has 0 saturated carbocycles. The molecular formula is C46H46N5O4S2+. The first-order valence-corrected chi connectivity index (χ1v) is 19.9. The van der Waals surface area contributed by atoms with Gasteiger partial charge in [-0.1, -0.05) is 68.5 Å². The lowest BCUT2D eigenvalue weighted by atomic mass is 9.81. The summed E-state index contributed by atoms with van der Waals surface area (Å²) in [4.78, 5) is 28.8.